The van der Waals surface area contributed by atoms with Crippen LogP contribution in [0.15, 0.2) is 67.1 Å². The number of alkyl halides is 3. The summed E-state index contributed by atoms with van der Waals surface area (Å²) in [6, 6.07) is 15.6. The summed E-state index contributed by atoms with van der Waals surface area (Å²) in [5.41, 5.74) is 3.47. The molecule has 9 heteroatoms. The topological polar surface area (TPSA) is 62.8 Å². The molecule has 3 heterocycles. The molecule has 0 spiro atoms. The van der Waals surface area contributed by atoms with E-state index in [0.717, 1.165) is 37.2 Å². The number of aromatic amines is 1. The van der Waals surface area contributed by atoms with Crippen LogP contribution < -0.4 is 10.1 Å². The molecule has 2 N–H and O–H groups in total. The highest BCUT2D eigenvalue weighted by molar-refractivity contribution is 7.22. The van der Waals surface area contributed by atoms with Gasteiger partial charge >= 0.3 is 6.36 Å². The van der Waals surface area contributed by atoms with Crippen molar-refractivity contribution in [3.05, 3.63) is 67.1 Å². The van der Waals surface area contributed by atoms with Gasteiger partial charge in [0.25, 0.3) is 0 Å². The first-order valence-electron chi connectivity index (χ1n) is 8.89. The maximum atomic E-state index is 12.4. The molecule has 0 fully saturated rings. The third-order valence-electron chi connectivity index (χ3n) is 4.50. The minimum Gasteiger partial charge on any atom is -0.406 e. The number of fused-ring (bicyclic) bond motifs is 2. The predicted octanol–water partition coefficient (Wildman–Crippen LogP) is 6.48. The van der Waals surface area contributed by atoms with Crippen molar-refractivity contribution in [1.29, 1.82) is 0 Å². The van der Waals surface area contributed by atoms with Gasteiger partial charge in [0.1, 0.15) is 12.1 Å². The molecule has 0 radical (unpaired) electrons. The molecular formula is C21H13F3N4OS. The number of rotatable bonds is 4. The van der Waals surface area contributed by atoms with Gasteiger partial charge in [-0.05, 0) is 60.2 Å². The number of anilines is 2. The van der Waals surface area contributed by atoms with Crippen LogP contribution in [0.1, 0.15) is 0 Å². The molecular weight excluding hydrogens is 413 g/mol. The van der Waals surface area contributed by atoms with E-state index in [1.54, 1.807) is 12.1 Å². The van der Waals surface area contributed by atoms with Crippen LogP contribution in [0.3, 0.4) is 0 Å². The number of nitrogens with one attached hydrogen (secondary N) is 2. The Morgan fingerprint density at radius 2 is 1.80 bits per heavy atom. The minimum atomic E-state index is -4.71. The van der Waals surface area contributed by atoms with Crippen LogP contribution in [-0.4, -0.2) is 21.3 Å². The molecule has 0 saturated carbocycles. The quantitative estimate of drug-likeness (QED) is 0.345. The summed E-state index contributed by atoms with van der Waals surface area (Å²) in [6.45, 7) is 0. The van der Waals surface area contributed by atoms with Crippen LogP contribution in [0.4, 0.5) is 24.7 Å². The Morgan fingerprint density at radius 3 is 2.60 bits per heavy atom. The Bertz CT molecular complexity index is 1340. The van der Waals surface area contributed by atoms with E-state index in [0.29, 0.717) is 5.82 Å². The fourth-order valence-electron chi connectivity index (χ4n) is 3.17. The van der Waals surface area contributed by atoms with Gasteiger partial charge in [0, 0.05) is 27.7 Å². The summed E-state index contributed by atoms with van der Waals surface area (Å²) >= 11 is 1.46. The summed E-state index contributed by atoms with van der Waals surface area (Å²) in [7, 11) is 0. The number of hydrogen-bond donors (Lipinski definition) is 2. The van der Waals surface area contributed by atoms with Gasteiger partial charge in [0.2, 0.25) is 0 Å². The second-order valence-corrected chi connectivity index (χ2v) is 7.58. The lowest BCUT2D eigenvalue weighted by atomic mass is 10.2. The molecule has 0 amide bonds. The molecule has 150 valence electrons. The summed E-state index contributed by atoms with van der Waals surface area (Å²) in [4.78, 5) is 12.7. The van der Waals surface area contributed by atoms with Gasteiger partial charge in [0.05, 0.1) is 10.2 Å². The average Bonchev–Trinajstić information content (AvgIpc) is 3.34. The first kappa shape index (κ1) is 18.4. The lowest BCUT2D eigenvalue weighted by Gasteiger charge is -2.08. The molecule has 3 aromatic heterocycles. The molecule has 0 aliphatic heterocycles. The Labute approximate surface area is 172 Å². The van der Waals surface area contributed by atoms with Crippen molar-refractivity contribution in [2.45, 2.75) is 6.36 Å². The van der Waals surface area contributed by atoms with E-state index < -0.39 is 6.36 Å². The van der Waals surface area contributed by atoms with Crippen LogP contribution in [0.2, 0.25) is 0 Å². The molecule has 5 aromatic rings. The minimum absolute atomic E-state index is 0.255. The molecule has 30 heavy (non-hydrogen) atoms. The van der Waals surface area contributed by atoms with Gasteiger partial charge in [-0.3, -0.25) is 0 Å². The van der Waals surface area contributed by atoms with Crippen LogP contribution in [0.25, 0.3) is 31.6 Å². The molecule has 0 saturated heterocycles. The first-order valence-corrected chi connectivity index (χ1v) is 9.71. The lowest BCUT2D eigenvalue weighted by Crippen LogP contribution is -2.16. The van der Waals surface area contributed by atoms with Crippen molar-refractivity contribution in [3.8, 4) is 16.2 Å². The second kappa shape index (κ2) is 7.03. The van der Waals surface area contributed by atoms with Crippen molar-refractivity contribution >= 4 is 44.0 Å². The van der Waals surface area contributed by atoms with E-state index in [4.69, 9.17) is 0 Å². The van der Waals surface area contributed by atoms with Crippen LogP contribution in [0.5, 0.6) is 5.75 Å². The third kappa shape index (κ3) is 3.67. The van der Waals surface area contributed by atoms with Crippen molar-refractivity contribution in [3.63, 3.8) is 0 Å². The molecule has 0 unspecified atom stereocenters. The number of nitrogens with zero attached hydrogens (tertiary/aromatic N) is 2. The Hall–Kier alpha value is -3.59. The van der Waals surface area contributed by atoms with Crippen LogP contribution in [0, 0.1) is 0 Å². The van der Waals surface area contributed by atoms with Crippen molar-refractivity contribution in [2.24, 2.45) is 0 Å². The fraction of sp³-hybridized carbons (Fsp3) is 0.0476. The second-order valence-electron chi connectivity index (χ2n) is 6.52. The standard InChI is InChI=1S/C21H13F3N4OS/c22-21(23,24)29-15-4-1-12(2-5-15)18-10-17-19(30-18)20(27-11-26-17)28-14-3-6-16-13(9-14)7-8-25-16/h1-11,25H,(H,26,27,28). The maximum Gasteiger partial charge on any atom is 0.573 e. The van der Waals surface area contributed by atoms with E-state index in [-0.39, 0.29) is 5.75 Å². The Morgan fingerprint density at radius 1 is 0.967 bits per heavy atom. The van der Waals surface area contributed by atoms with Crippen LogP contribution >= 0.6 is 11.3 Å². The fourth-order valence-corrected chi connectivity index (χ4v) is 4.24. The molecule has 5 nitrogen and oxygen atoms in total. The van der Waals surface area contributed by atoms with E-state index in [9.17, 15) is 13.2 Å². The van der Waals surface area contributed by atoms with Crippen LogP contribution in [-0.2, 0) is 0 Å². The van der Waals surface area contributed by atoms with E-state index in [1.165, 1.54) is 29.8 Å². The van der Waals surface area contributed by atoms with Crippen molar-refractivity contribution < 1.29 is 17.9 Å². The molecule has 5 rings (SSSR count). The highest BCUT2D eigenvalue weighted by atomic mass is 32.1. The molecule has 2 aromatic carbocycles. The van der Waals surface area contributed by atoms with E-state index in [2.05, 4.69) is 25.0 Å². The molecule has 0 aliphatic carbocycles. The van der Waals surface area contributed by atoms with E-state index >= 15 is 0 Å². The zero-order valence-corrected chi connectivity index (χ0v) is 16.0. The van der Waals surface area contributed by atoms with Gasteiger partial charge in [-0.1, -0.05) is 0 Å². The molecule has 0 atom stereocenters. The van der Waals surface area contributed by atoms with Crippen molar-refractivity contribution in [1.82, 2.24) is 15.0 Å². The van der Waals surface area contributed by atoms with E-state index in [1.807, 2.05) is 36.5 Å². The molecule has 0 aliphatic rings. The predicted molar refractivity (Wildman–Crippen MR) is 111 cm³/mol. The molecule has 0 bridgehead atoms. The lowest BCUT2D eigenvalue weighted by molar-refractivity contribution is -0.274. The normalized spacial score (nSPS) is 11.8. The Balaban J connectivity index is 1.46. The number of H-pyrrole nitrogens is 1. The number of benzene rings is 2. The van der Waals surface area contributed by atoms with Gasteiger partial charge in [-0.2, -0.15) is 0 Å². The summed E-state index contributed by atoms with van der Waals surface area (Å²) in [5.74, 6) is 0.415. The zero-order valence-electron chi connectivity index (χ0n) is 15.2. The maximum absolute atomic E-state index is 12.4. The largest absolute Gasteiger partial charge is 0.573 e. The number of thiophene rings is 1. The summed E-state index contributed by atoms with van der Waals surface area (Å²) in [5, 5.41) is 4.41. The summed E-state index contributed by atoms with van der Waals surface area (Å²) < 4.78 is 41.8. The number of aromatic nitrogens is 3. The third-order valence-corrected chi connectivity index (χ3v) is 5.68. The number of halogens is 3. The first-order chi connectivity index (χ1) is 14.4. The smallest absolute Gasteiger partial charge is 0.406 e. The Kier molecular flexibility index (Phi) is 4.32. The van der Waals surface area contributed by atoms with Gasteiger partial charge in [-0.25, -0.2) is 9.97 Å². The highest BCUT2D eigenvalue weighted by Crippen LogP contribution is 2.37. The highest BCUT2D eigenvalue weighted by Gasteiger charge is 2.31. The average molecular weight is 426 g/mol. The monoisotopic (exact) mass is 426 g/mol. The van der Waals surface area contributed by atoms with Gasteiger partial charge in [0.15, 0.2) is 5.82 Å². The number of ether oxygens (including phenoxy) is 1. The van der Waals surface area contributed by atoms with Gasteiger partial charge < -0.3 is 15.0 Å². The zero-order chi connectivity index (χ0) is 20.7. The number of hydrogen-bond acceptors (Lipinski definition) is 5. The summed E-state index contributed by atoms with van der Waals surface area (Å²) in [6.07, 6.45) is -1.34. The SMILES string of the molecule is FC(F)(F)Oc1ccc(-c2cc3ncnc(Nc4ccc5[nH]ccc5c4)c3s2)cc1. The van der Waals surface area contributed by atoms with Crippen molar-refractivity contribution in [2.75, 3.05) is 5.32 Å². The van der Waals surface area contributed by atoms with Gasteiger partial charge in [-0.15, -0.1) is 24.5 Å².